The Balaban J connectivity index is 1.92. The molecule has 3 rings (SSSR count). The van der Waals surface area contributed by atoms with Gasteiger partial charge >= 0.3 is 5.97 Å². The summed E-state index contributed by atoms with van der Waals surface area (Å²) in [6.07, 6.45) is 1.49. The van der Waals surface area contributed by atoms with E-state index in [2.05, 4.69) is 15.3 Å². The summed E-state index contributed by atoms with van der Waals surface area (Å²) >= 11 is 0. The zero-order valence-corrected chi connectivity index (χ0v) is 13.4. The number of nitrogens with one attached hydrogen (secondary N) is 1. The number of hydrogen-bond donors (Lipinski definition) is 1. The van der Waals surface area contributed by atoms with E-state index in [9.17, 15) is 4.79 Å². The molecule has 0 saturated heterocycles. The molecule has 122 valence electrons. The van der Waals surface area contributed by atoms with Crippen molar-refractivity contribution in [1.82, 2.24) is 9.97 Å². The quantitative estimate of drug-likeness (QED) is 0.724. The summed E-state index contributed by atoms with van der Waals surface area (Å²) in [5, 5.41) is 4.08. The van der Waals surface area contributed by atoms with E-state index >= 15 is 0 Å². The first-order chi connectivity index (χ1) is 11.7. The number of aromatic nitrogens is 2. The van der Waals surface area contributed by atoms with Gasteiger partial charge in [-0.3, -0.25) is 0 Å². The fourth-order valence-corrected chi connectivity index (χ4v) is 2.34. The van der Waals surface area contributed by atoms with E-state index in [4.69, 9.17) is 9.47 Å². The molecule has 1 heterocycles. The van der Waals surface area contributed by atoms with E-state index < -0.39 is 0 Å². The lowest BCUT2D eigenvalue weighted by atomic mass is 10.2. The van der Waals surface area contributed by atoms with Gasteiger partial charge < -0.3 is 14.8 Å². The molecule has 0 amide bonds. The van der Waals surface area contributed by atoms with Crippen molar-refractivity contribution in [2.24, 2.45) is 0 Å². The summed E-state index contributed by atoms with van der Waals surface area (Å²) in [5.41, 5.74) is 2.01. The maximum absolute atomic E-state index is 11.8. The van der Waals surface area contributed by atoms with Gasteiger partial charge in [-0.2, -0.15) is 0 Å². The van der Waals surface area contributed by atoms with Crippen LogP contribution in [0.4, 0.5) is 11.5 Å². The molecule has 2 aromatic carbocycles. The minimum absolute atomic E-state index is 0.342. The lowest BCUT2D eigenvalue weighted by Gasteiger charge is -2.10. The van der Waals surface area contributed by atoms with Crippen molar-refractivity contribution < 1.29 is 14.3 Å². The van der Waals surface area contributed by atoms with Gasteiger partial charge in [0.05, 0.1) is 24.8 Å². The lowest BCUT2D eigenvalue weighted by molar-refractivity contribution is 0.0526. The van der Waals surface area contributed by atoms with Crippen LogP contribution in [-0.2, 0) is 4.74 Å². The summed E-state index contributed by atoms with van der Waals surface area (Å²) in [6, 6.07) is 12.7. The normalized spacial score (nSPS) is 10.4. The number of hydrogen-bond acceptors (Lipinski definition) is 6. The molecular weight excluding hydrogens is 306 g/mol. The minimum Gasteiger partial charge on any atom is -0.497 e. The molecule has 0 fully saturated rings. The Bertz CT molecular complexity index is 880. The smallest absolute Gasteiger partial charge is 0.338 e. The van der Waals surface area contributed by atoms with Crippen LogP contribution in [0.1, 0.15) is 17.3 Å². The van der Waals surface area contributed by atoms with Gasteiger partial charge in [0.2, 0.25) is 0 Å². The Kier molecular flexibility index (Phi) is 4.56. The second-order valence-electron chi connectivity index (χ2n) is 5.03. The van der Waals surface area contributed by atoms with Crippen molar-refractivity contribution in [1.29, 1.82) is 0 Å². The number of esters is 1. The van der Waals surface area contributed by atoms with Crippen molar-refractivity contribution in [3.8, 4) is 5.75 Å². The first-order valence-electron chi connectivity index (χ1n) is 7.54. The van der Waals surface area contributed by atoms with Crippen LogP contribution in [-0.4, -0.2) is 29.7 Å². The van der Waals surface area contributed by atoms with Crippen LogP contribution in [0, 0.1) is 0 Å². The highest BCUT2D eigenvalue weighted by atomic mass is 16.5. The molecule has 24 heavy (non-hydrogen) atoms. The molecule has 6 heteroatoms. The van der Waals surface area contributed by atoms with Crippen LogP contribution in [0.2, 0.25) is 0 Å². The predicted molar refractivity (Wildman–Crippen MR) is 91.8 cm³/mol. The number of fused-ring (bicyclic) bond motifs is 1. The zero-order valence-electron chi connectivity index (χ0n) is 13.4. The Morgan fingerprint density at radius 1 is 1.17 bits per heavy atom. The molecule has 0 aliphatic rings. The van der Waals surface area contributed by atoms with E-state index in [1.807, 2.05) is 24.3 Å². The summed E-state index contributed by atoms with van der Waals surface area (Å²) < 4.78 is 10.2. The van der Waals surface area contributed by atoms with Crippen molar-refractivity contribution in [3.63, 3.8) is 0 Å². The molecule has 0 aliphatic carbocycles. The summed E-state index contributed by atoms with van der Waals surface area (Å²) in [5.74, 6) is 1.04. The van der Waals surface area contributed by atoms with E-state index in [0.29, 0.717) is 18.0 Å². The fraction of sp³-hybridized carbons (Fsp3) is 0.167. The second-order valence-corrected chi connectivity index (χ2v) is 5.03. The molecule has 1 N–H and O–H groups in total. The van der Waals surface area contributed by atoms with E-state index in [1.165, 1.54) is 6.33 Å². The molecule has 3 aromatic rings. The van der Waals surface area contributed by atoms with Gasteiger partial charge in [-0.25, -0.2) is 14.8 Å². The number of carbonyl (C=O) groups excluding carboxylic acids is 1. The van der Waals surface area contributed by atoms with E-state index in [1.54, 1.807) is 32.2 Å². The van der Waals surface area contributed by atoms with Gasteiger partial charge in [0.1, 0.15) is 17.9 Å². The molecule has 0 spiro atoms. The third kappa shape index (κ3) is 3.27. The fourth-order valence-electron chi connectivity index (χ4n) is 2.34. The molecule has 0 atom stereocenters. The van der Waals surface area contributed by atoms with Gasteiger partial charge in [0, 0.05) is 17.1 Å². The molecule has 1 aromatic heterocycles. The lowest BCUT2D eigenvalue weighted by Crippen LogP contribution is -2.05. The number of nitrogens with zero attached hydrogens (tertiary/aromatic N) is 2. The van der Waals surface area contributed by atoms with Crippen LogP contribution in [0.25, 0.3) is 10.9 Å². The first-order valence-corrected chi connectivity index (χ1v) is 7.54. The summed E-state index contributed by atoms with van der Waals surface area (Å²) in [6.45, 7) is 2.12. The highest BCUT2D eigenvalue weighted by molar-refractivity contribution is 5.93. The number of ether oxygens (including phenoxy) is 2. The van der Waals surface area contributed by atoms with Crippen LogP contribution in [0.5, 0.6) is 5.75 Å². The van der Waals surface area contributed by atoms with Crippen molar-refractivity contribution in [3.05, 3.63) is 54.4 Å². The van der Waals surface area contributed by atoms with Gasteiger partial charge in [-0.05, 0) is 37.3 Å². The van der Waals surface area contributed by atoms with Gasteiger partial charge in [-0.1, -0.05) is 6.07 Å². The summed E-state index contributed by atoms with van der Waals surface area (Å²) in [7, 11) is 1.61. The molecule has 0 radical (unpaired) electrons. The maximum Gasteiger partial charge on any atom is 0.338 e. The van der Waals surface area contributed by atoms with Gasteiger partial charge in [-0.15, -0.1) is 0 Å². The topological polar surface area (TPSA) is 73.3 Å². The number of carbonyl (C=O) groups is 1. The standard InChI is InChI=1S/C18H17N3O3/c1-3-24-18(22)12-5-4-6-13(9-12)21-17-15-8-7-14(23-2)10-16(15)19-11-20-17/h4-11H,3H2,1-2H3,(H,19,20,21). The zero-order chi connectivity index (χ0) is 16.9. The average molecular weight is 323 g/mol. The Hall–Kier alpha value is -3.15. The number of rotatable bonds is 5. The van der Waals surface area contributed by atoms with Crippen LogP contribution >= 0.6 is 0 Å². The SMILES string of the molecule is CCOC(=O)c1cccc(Nc2ncnc3cc(OC)ccc23)c1. The monoisotopic (exact) mass is 323 g/mol. The number of anilines is 2. The Morgan fingerprint density at radius 3 is 2.83 bits per heavy atom. The highest BCUT2D eigenvalue weighted by Gasteiger charge is 2.09. The molecule has 0 bridgehead atoms. The van der Waals surface area contributed by atoms with Crippen LogP contribution < -0.4 is 10.1 Å². The van der Waals surface area contributed by atoms with Crippen LogP contribution in [0.15, 0.2) is 48.8 Å². The number of benzene rings is 2. The Morgan fingerprint density at radius 2 is 2.04 bits per heavy atom. The third-order valence-corrected chi connectivity index (χ3v) is 3.48. The van der Waals surface area contributed by atoms with Crippen LogP contribution in [0.3, 0.4) is 0 Å². The van der Waals surface area contributed by atoms with Gasteiger partial charge in [0.15, 0.2) is 0 Å². The Labute approximate surface area is 139 Å². The molecular formula is C18H17N3O3. The van der Waals surface area contributed by atoms with E-state index in [0.717, 1.165) is 22.3 Å². The maximum atomic E-state index is 11.8. The highest BCUT2D eigenvalue weighted by Crippen LogP contribution is 2.26. The average Bonchev–Trinajstić information content (AvgIpc) is 2.62. The predicted octanol–water partition coefficient (Wildman–Crippen LogP) is 3.56. The third-order valence-electron chi connectivity index (χ3n) is 3.48. The largest absolute Gasteiger partial charge is 0.497 e. The molecule has 0 saturated carbocycles. The molecule has 0 unspecified atom stereocenters. The van der Waals surface area contributed by atoms with Crippen molar-refractivity contribution in [2.75, 3.05) is 19.0 Å². The number of methoxy groups -OCH3 is 1. The second kappa shape index (κ2) is 6.95. The first kappa shape index (κ1) is 15.7. The van der Waals surface area contributed by atoms with Crippen molar-refractivity contribution >= 4 is 28.4 Å². The van der Waals surface area contributed by atoms with Crippen molar-refractivity contribution in [2.45, 2.75) is 6.92 Å². The molecule has 6 nitrogen and oxygen atoms in total. The van der Waals surface area contributed by atoms with E-state index in [-0.39, 0.29) is 5.97 Å². The minimum atomic E-state index is -0.349. The summed E-state index contributed by atoms with van der Waals surface area (Å²) in [4.78, 5) is 20.4. The molecule has 0 aliphatic heterocycles. The van der Waals surface area contributed by atoms with Gasteiger partial charge in [0.25, 0.3) is 0 Å².